The standard InChI is InChI=1S/C19H23Cl2N3O3/c1-19(2,3)27-18(26)23(4)11-12-8-6-7-9-14(12)22-17(25)15-10-13(20)16(21)24(15)5/h6-10H,11H2,1-5H3,(H,22,25). The second-order valence-corrected chi connectivity index (χ2v) is 7.94. The van der Waals surface area contributed by atoms with Crippen molar-refractivity contribution in [3.05, 3.63) is 51.8 Å². The van der Waals surface area contributed by atoms with Crippen molar-refractivity contribution in [1.82, 2.24) is 9.47 Å². The molecule has 146 valence electrons. The molecule has 1 N–H and O–H groups in total. The van der Waals surface area contributed by atoms with Crippen LogP contribution < -0.4 is 5.32 Å². The Morgan fingerprint density at radius 3 is 2.41 bits per heavy atom. The number of amides is 2. The van der Waals surface area contributed by atoms with Crippen LogP contribution in [0.3, 0.4) is 0 Å². The van der Waals surface area contributed by atoms with Gasteiger partial charge in [-0.15, -0.1) is 0 Å². The molecular weight excluding hydrogens is 389 g/mol. The van der Waals surface area contributed by atoms with Gasteiger partial charge < -0.3 is 19.5 Å². The highest BCUT2D eigenvalue weighted by Gasteiger charge is 2.21. The summed E-state index contributed by atoms with van der Waals surface area (Å²) in [5, 5.41) is 3.44. The Morgan fingerprint density at radius 2 is 1.85 bits per heavy atom. The minimum atomic E-state index is -0.579. The highest BCUT2D eigenvalue weighted by molar-refractivity contribution is 6.42. The average Bonchev–Trinajstić information content (AvgIpc) is 2.82. The van der Waals surface area contributed by atoms with E-state index < -0.39 is 11.7 Å². The lowest BCUT2D eigenvalue weighted by Gasteiger charge is -2.25. The number of carbonyl (C=O) groups is 2. The maximum absolute atomic E-state index is 12.6. The van der Waals surface area contributed by atoms with Gasteiger partial charge in [0.1, 0.15) is 16.4 Å². The molecular formula is C19H23Cl2N3O3. The van der Waals surface area contributed by atoms with Crippen LogP contribution in [-0.4, -0.2) is 34.1 Å². The summed E-state index contributed by atoms with van der Waals surface area (Å²) in [5.41, 5.74) is 1.11. The number of nitrogens with one attached hydrogen (secondary N) is 1. The summed E-state index contributed by atoms with van der Waals surface area (Å²) in [6, 6.07) is 8.75. The summed E-state index contributed by atoms with van der Waals surface area (Å²) in [6.45, 7) is 5.70. The molecule has 0 aliphatic heterocycles. The molecule has 8 heteroatoms. The SMILES string of the molecule is CN(Cc1ccccc1NC(=O)c1cc(Cl)c(Cl)n1C)C(=O)OC(C)(C)C. The van der Waals surface area contributed by atoms with Crippen molar-refractivity contribution in [3.8, 4) is 0 Å². The number of ether oxygens (including phenoxy) is 1. The Kier molecular flexibility index (Phi) is 6.44. The number of aromatic nitrogens is 1. The van der Waals surface area contributed by atoms with Crippen LogP contribution in [0.4, 0.5) is 10.5 Å². The lowest BCUT2D eigenvalue weighted by molar-refractivity contribution is 0.0285. The first-order valence-electron chi connectivity index (χ1n) is 8.33. The third-order valence-corrected chi connectivity index (χ3v) is 4.57. The summed E-state index contributed by atoms with van der Waals surface area (Å²) < 4.78 is 6.87. The average molecular weight is 412 g/mol. The summed E-state index contributed by atoms with van der Waals surface area (Å²) >= 11 is 12.0. The van der Waals surface area contributed by atoms with Crippen LogP contribution in [0.2, 0.25) is 10.2 Å². The molecule has 0 spiro atoms. The van der Waals surface area contributed by atoms with E-state index in [1.54, 1.807) is 26.2 Å². The number of para-hydroxylation sites is 1. The summed E-state index contributed by atoms with van der Waals surface area (Å²) in [7, 11) is 3.30. The molecule has 27 heavy (non-hydrogen) atoms. The molecule has 0 fully saturated rings. The Bertz CT molecular complexity index is 856. The third-order valence-electron chi connectivity index (χ3n) is 3.73. The van der Waals surface area contributed by atoms with E-state index in [4.69, 9.17) is 27.9 Å². The fourth-order valence-electron chi connectivity index (χ4n) is 2.39. The van der Waals surface area contributed by atoms with Gasteiger partial charge in [0.15, 0.2) is 0 Å². The van der Waals surface area contributed by atoms with E-state index in [0.717, 1.165) is 5.56 Å². The molecule has 2 amide bonds. The second kappa shape index (κ2) is 8.23. The number of hydrogen-bond donors (Lipinski definition) is 1. The number of benzene rings is 1. The van der Waals surface area contributed by atoms with Crippen molar-refractivity contribution < 1.29 is 14.3 Å². The van der Waals surface area contributed by atoms with Crippen molar-refractivity contribution in [2.24, 2.45) is 7.05 Å². The van der Waals surface area contributed by atoms with E-state index in [0.29, 0.717) is 21.6 Å². The van der Waals surface area contributed by atoms with E-state index in [2.05, 4.69) is 5.32 Å². The quantitative estimate of drug-likeness (QED) is 0.773. The van der Waals surface area contributed by atoms with Crippen LogP contribution in [0.25, 0.3) is 0 Å². The summed E-state index contributed by atoms with van der Waals surface area (Å²) in [4.78, 5) is 26.2. The Balaban J connectivity index is 2.17. The highest BCUT2D eigenvalue weighted by Crippen LogP contribution is 2.26. The van der Waals surface area contributed by atoms with E-state index >= 15 is 0 Å². The Morgan fingerprint density at radius 1 is 1.22 bits per heavy atom. The molecule has 1 aromatic heterocycles. The van der Waals surface area contributed by atoms with E-state index in [-0.39, 0.29) is 12.5 Å². The normalized spacial score (nSPS) is 11.2. The molecule has 0 bridgehead atoms. The summed E-state index contributed by atoms with van der Waals surface area (Å²) in [6.07, 6.45) is -0.440. The number of nitrogens with zero attached hydrogens (tertiary/aromatic N) is 2. The molecule has 2 rings (SSSR count). The van der Waals surface area contributed by atoms with Crippen LogP contribution in [0.15, 0.2) is 30.3 Å². The van der Waals surface area contributed by atoms with Crippen LogP contribution in [0.5, 0.6) is 0 Å². The maximum atomic E-state index is 12.6. The lowest BCUT2D eigenvalue weighted by Crippen LogP contribution is -2.34. The molecule has 0 saturated heterocycles. The topological polar surface area (TPSA) is 63.6 Å². The number of carbonyl (C=O) groups excluding carboxylic acids is 2. The molecule has 1 heterocycles. The first-order valence-corrected chi connectivity index (χ1v) is 9.09. The minimum absolute atomic E-state index is 0.278. The number of hydrogen-bond acceptors (Lipinski definition) is 3. The van der Waals surface area contributed by atoms with Gasteiger partial charge in [0.25, 0.3) is 5.91 Å². The molecule has 0 unspecified atom stereocenters. The number of anilines is 1. The minimum Gasteiger partial charge on any atom is -0.444 e. The first-order chi connectivity index (χ1) is 12.5. The molecule has 0 radical (unpaired) electrons. The maximum Gasteiger partial charge on any atom is 0.410 e. The number of rotatable bonds is 4. The van der Waals surface area contributed by atoms with Gasteiger partial charge in [0, 0.05) is 19.8 Å². The van der Waals surface area contributed by atoms with Crippen LogP contribution in [0.1, 0.15) is 36.8 Å². The van der Waals surface area contributed by atoms with Crippen molar-refractivity contribution in [2.75, 3.05) is 12.4 Å². The monoisotopic (exact) mass is 411 g/mol. The fourth-order valence-corrected chi connectivity index (χ4v) is 2.76. The predicted octanol–water partition coefficient (Wildman–Crippen LogP) is 4.95. The van der Waals surface area contributed by atoms with Crippen molar-refractivity contribution in [3.63, 3.8) is 0 Å². The third kappa shape index (κ3) is 5.40. The van der Waals surface area contributed by atoms with E-state index in [1.165, 1.54) is 15.5 Å². The first kappa shape index (κ1) is 21.1. The van der Waals surface area contributed by atoms with E-state index in [1.807, 2.05) is 32.9 Å². The zero-order valence-electron chi connectivity index (χ0n) is 16.0. The van der Waals surface area contributed by atoms with Gasteiger partial charge in [-0.25, -0.2) is 4.79 Å². The molecule has 0 aliphatic carbocycles. The van der Waals surface area contributed by atoms with Crippen LogP contribution >= 0.6 is 23.2 Å². The van der Waals surface area contributed by atoms with Crippen molar-refractivity contribution >= 4 is 40.9 Å². The molecule has 0 saturated carbocycles. The van der Waals surface area contributed by atoms with Gasteiger partial charge in [-0.1, -0.05) is 41.4 Å². The van der Waals surface area contributed by atoms with Gasteiger partial charge in [0.05, 0.1) is 11.6 Å². The van der Waals surface area contributed by atoms with Gasteiger partial charge >= 0.3 is 6.09 Å². The highest BCUT2D eigenvalue weighted by atomic mass is 35.5. The molecule has 2 aromatic rings. The predicted molar refractivity (Wildman–Crippen MR) is 108 cm³/mol. The van der Waals surface area contributed by atoms with Gasteiger partial charge in [-0.2, -0.15) is 0 Å². The van der Waals surface area contributed by atoms with Gasteiger partial charge in [0.2, 0.25) is 0 Å². The smallest absolute Gasteiger partial charge is 0.410 e. The Labute approximate surface area is 169 Å². The molecule has 1 aromatic carbocycles. The van der Waals surface area contributed by atoms with Crippen LogP contribution in [0, 0.1) is 0 Å². The van der Waals surface area contributed by atoms with Crippen molar-refractivity contribution in [2.45, 2.75) is 32.9 Å². The lowest BCUT2D eigenvalue weighted by atomic mass is 10.1. The zero-order valence-corrected chi connectivity index (χ0v) is 17.5. The Hall–Kier alpha value is -2.18. The molecule has 0 aliphatic rings. The second-order valence-electron chi connectivity index (χ2n) is 7.18. The van der Waals surface area contributed by atoms with Crippen LogP contribution in [-0.2, 0) is 18.3 Å². The summed E-state index contributed by atoms with van der Waals surface area (Å²) in [5.74, 6) is -0.348. The fraction of sp³-hybridized carbons (Fsp3) is 0.368. The molecule has 6 nitrogen and oxygen atoms in total. The number of halogens is 2. The zero-order chi connectivity index (χ0) is 20.4. The van der Waals surface area contributed by atoms with E-state index in [9.17, 15) is 9.59 Å². The van der Waals surface area contributed by atoms with Gasteiger partial charge in [-0.05, 0) is 38.5 Å². The molecule has 0 atom stereocenters. The largest absolute Gasteiger partial charge is 0.444 e. The van der Waals surface area contributed by atoms with Crippen molar-refractivity contribution in [1.29, 1.82) is 0 Å². The van der Waals surface area contributed by atoms with Gasteiger partial charge in [-0.3, -0.25) is 4.79 Å².